The van der Waals surface area contributed by atoms with Gasteiger partial charge in [-0.15, -0.1) is 0 Å². The van der Waals surface area contributed by atoms with Gasteiger partial charge in [0, 0.05) is 12.1 Å². The number of hydrogen-bond donors (Lipinski definition) is 1. The topological polar surface area (TPSA) is 32.5 Å². The van der Waals surface area contributed by atoms with E-state index in [-0.39, 0.29) is 11.4 Å². The molecule has 2 N–H and O–H groups in total. The van der Waals surface area contributed by atoms with E-state index >= 15 is 0 Å². The van der Waals surface area contributed by atoms with Crippen LogP contribution in [0.2, 0.25) is 0 Å². The Morgan fingerprint density at radius 3 is 2.24 bits per heavy atom. The summed E-state index contributed by atoms with van der Waals surface area (Å²) in [5, 5.41) is 0. The third kappa shape index (κ3) is 5.73. The molecule has 0 bridgehead atoms. The number of nitrogens with zero attached hydrogens (tertiary/aromatic N) is 2. The van der Waals surface area contributed by atoms with Crippen LogP contribution in [0.1, 0.15) is 25.8 Å². The van der Waals surface area contributed by atoms with Crippen LogP contribution in [0.3, 0.4) is 0 Å². The van der Waals surface area contributed by atoms with Crippen LogP contribution in [0, 0.1) is 5.82 Å². The molecule has 0 saturated heterocycles. The molecule has 0 aliphatic heterocycles. The summed E-state index contributed by atoms with van der Waals surface area (Å²) in [6, 6.07) is 6.76. The third-order valence-corrected chi connectivity index (χ3v) is 4.12. The predicted molar refractivity (Wildman–Crippen MR) is 88.0 cm³/mol. The smallest absolute Gasteiger partial charge is 0.123 e. The Kier molecular flexibility index (Phi) is 7.29. The van der Waals surface area contributed by atoms with Crippen molar-refractivity contribution >= 4 is 0 Å². The molecule has 0 radical (unpaired) electrons. The van der Waals surface area contributed by atoms with Crippen molar-refractivity contribution < 1.29 is 4.39 Å². The number of hydrogen-bond acceptors (Lipinski definition) is 3. The fraction of sp³-hybridized carbons (Fsp3) is 0.647. The molecule has 1 aromatic rings. The average molecular weight is 295 g/mol. The molecule has 1 aromatic carbocycles. The minimum Gasteiger partial charge on any atom is -0.329 e. The maximum atomic E-state index is 13.0. The molecule has 1 atom stereocenters. The highest BCUT2D eigenvalue weighted by Crippen LogP contribution is 2.20. The van der Waals surface area contributed by atoms with E-state index in [1.165, 1.54) is 12.1 Å². The lowest BCUT2D eigenvalue weighted by Gasteiger charge is -2.40. The van der Waals surface area contributed by atoms with Crippen LogP contribution >= 0.6 is 0 Å². The van der Waals surface area contributed by atoms with Crippen LogP contribution in [0.15, 0.2) is 24.3 Å². The molecule has 120 valence electrons. The van der Waals surface area contributed by atoms with Gasteiger partial charge in [0.2, 0.25) is 0 Å². The zero-order valence-electron chi connectivity index (χ0n) is 13.9. The van der Waals surface area contributed by atoms with E-state index in [4.69, 9.17) is 5.73 Å². The summed E-state index contributed by atoms with van der Waals surface area (Å²) in [5.41, 5.74) is 7.12. The molecule has 0 fully saturated rings. The molecule has 4 heteroatoms. The lowest BCUT2D eigenvalue weighted by atomic mass is 9.90. The van der Waals surface area contributed by atoms with Gasteiger partial charge in [0.25, 0.3) is 0 Å². The van der Waals surface area contributed by atoms with Gasteiger partial charge in [-0.25, -0.2) is 4.39 Å². The summed E-state index contributed by atoms with van der Waals surface area (Å²) >= 11 is 0. The maximum absolute atomic E-state index is 13.0. The van der Waals surface area contributed by atoms with Crippen molar-refractivity contribution in [2.75, 3.05) is 40.3 Å². The summed E-state index contributed by atoms with van der Waals surface area (Å²) in [6.45, 7) is 8.06. The van der Waals surface area contributed by atoms with E-state index in [1.54, 1.807) is 0 Å². The Hall–Kier alpha value is -0.970. The third-order valence-electron chi connectivity index (χ3n) is 4.12. The molecule has 3 nitrogen and oxygen atoms in total. The molecule has 0 heterocycles. The van der Waals surface area contributed by atoms with Crippen LogP contribution in [-0.2, 0) is 6.42 Å². The van der Waals surface area contributed by atoms with Crippen LogP contribution < -0.4 is 5.73 Å². The minimum absolute atomic E-state index is 0.0844. The Labute approximate surface area is 128 Å². The number of benzene rings is 1. The van der Waals surface area contributed by atoms with E-state index in [2.05, 4.69) is 37.7 Å². The van der Waals surface area contributed by atoms with Crippen molar-refractivity contribution in [3.63, 3.8) is 0 Å². The summed E-state index contributed by atoms with van der Waals surface area (Å²) in [5.74, 6) is -0.188. The highest BCUT2D eigenvalue weighted by atomic mass is 19.1. The molecular formula is C17H30FN3. The van der Waals surface area contributed by atoms with Gasteiger partial charge in [-0.2, -0.15) is 0 Å². The van der Waals surface area contributed by atoms with Crippen molar-refractivity contribution in [3.8, 4) is 0 Å². The van der Waals surface area contributed by atoms with Gasteiger partial charge >= 0.3 is 0 Å². The van der Waals surface area contributed by atoms with Crippen LogP contribution in [0.4, 0.5) is 4.39 Å². The standard InChI is InChI=1S/C17H30FN3/c1-5-21(12-6-11-20(3)4)17(2,14-19)13-15-7-9-16(18)10-8-15/h7-10H,5-6,11-14,19H2,1-4H3. The maximum Gasteiger partial charge on any atom is 0.123 e. The number of nitrogens with two attached hydrogens (primary N) is 1. The van der Waals surface area contributed by atoms with Crippen molar-refractivity contribution in [1.82, 2.24) is 9.80 Å². The summed E-state index contributed by atoms with van der Waals surface area (Å²) in [6.07, 6.45) is 1.97. The highest BCUT2D eigenvalue weighted by molar-refractivity contribution is 5.19. The van der Waals surface area contributed by atoms with Crippen molar-refractivity contribution in [3.05, 3.63) is 35.6 Å². The first kappa shape index (κ1) is 18.1. The molecule has 0 saturated carbocycles. The Bertz CT molecular complexity index is 405. The van der Waals surface area contributed by atoms with Gasteiger partial charge < -0.3 is 10.6 Å². The molecule has 0 amide bonds. The van der Waals surface area contributed by atoms with Gasteiger partial charge in [0.05, 0.1) is 0 Å². The van der Waals surface area contributed by atoms with Gasteiger partial charge in [0.1, 0.15) is 5.82 Å². The first-order valence-electron chi connectivity index (χ1n) is 7.75. The molecule has 0 aromatic heterocycles. The zero-order valence-corrected chi connectivity index (χ0v) is 13.9. The number of likely N-dealkylation sites (N-methyl/N-ethyl adjacent to an activating group) is 1. The van der Waals surface area contributed by atoms with Gasteiger partial charge in [-0.1, -0.05) is 19.1 Å². The molecule has 0 aliphatic carbocycles. The first-order chi connectivity index (χ1) is 9.91. The second kappa shape index (κ2) is 8.47. The molecule has 0 spiro atoms. The quantitative estimate of drug-likeness (QED) is 0.759. The molecule has 1 unspecified atom stereocenters. The molecule has 21 heavy (non-hydrogen) atoms. The van der Waals surface area contributed by atoms with E-state index in [0.29, 0.717) is 6.54 Å². The largest absolute Gasteiger partial charge is 0.329 e. The second-order valence-electron chi connectivity index (χ2n) is 6.24. The fourth-order valence-electron chi connectivity index (χ4n) is 2.74. The Balaban J connectivity index is 2.72. The van der Waals surface area contributed by atoms with Gasteiger partial charge in [-0.3, -0.25) is 4.90 Å². The van der Waals surface area contributed by atoms with Gasteiger partial charge in [0.15, 0.2) is 0 Å². The van der Waals surface area contributed by atoms with Crippen LogP contribution in [-0.4, -0.2) is 55.6 Å². The van der Waals surface area contributed by atoms with Crippen molar-refractivity contribution in [2.45, 2.75) is 32.2 Å². The van der Waals surface area contributed by atoms with E-state index in [9.17, 15) is 4.39 Å². The summed E-state index contributed by atoms with van der Waals surface area (Å²) in [4.78, 5) is 4.65. The number of rotatable bonds is 9. The average Bonchev–Trinajstić information content (AvgIpc) is 2.45. The predicted octanol–water partition coefficient (Wildman–Crippen LogP) is 2.36. The van der Waals surface area contributed by atoms with Crippen molar-refractivity contribution in [1.29, 1.82) is 0 Å². The molecule has 0 aliphatic rings. The summed E-state index contributed by atoms with van der Waals surface area (Å²) in [7, 11) is 4.19. The monoisotopic (exact) mass is 295 g/mol. The van der Waals surface area contributed by atoms with Crippen LogP contribution in [0.25, 0.3) is 0 Å². The van der Waals surface area contributed by atoms with Gasteiger partial charge in [-0.05, 0) is 71.2 Å². The van der Waals surface area contributed by atoms with E-state index in [0.717, 1.165) is 38.0 Å². The summed E-state index contributed by atoms with van der Waals surface area (Å²) < 4.78 is 13.0. The highest BCUT2D eigenvalue weighted by Gasteiger charge is 2.29. The SMILES string of the molecule is CCN(CCCN(C)C)C(C)(CN)Cc1ccc(F)cc1. The lowest BCUT2D eigenvalue weighted by molar-refractivity contribution is 0.112. The number of halogens is 1. The lowest BCUT2D eigenvalue weighted by Crippen LogP contribution is -2.53. The fourth-order valence-corrected chi connectivity index (χ4v) is 2.74. The Morgan fingerprint density at radius 2 is 1.76 bits per heavy atom. The molecule has 1 rings (SSSR count). The zero-order chi connectivity index (χ0) is 15.9. The van der Waals surface area contributed by atoms with Crippen LogP contribution in [0.5, 0.6) is 0 Å². The van der Waals surface area contributed by atoms with E-state index in [1.807, 2.05) is 12.1 Å². The Morgan fingerprint density at radius 1 is 1.14 bits per heavy atom. The minimum atomic E-state index is -0.188. The second-order valence-corrected chi connectivity index (χ2v) is 6.24. The first-order valence-corrected chi connectivity index (χ1v) is 7.75. The normalized spacial score (nSPS) is 14.7. The molecular weight excluding hydrogens is 265 g/mol. The van der Waals surface area contributed by atoms with E-state index < -0.39 is 0 Å². The van der Waals surface area contributed by atoms with Crippen molar-refractivity contribution in [2.24, 2.45) is 5.73 Å².